The van der Waals surface area contributed by atoms with Gasteiger partial charge < -0.3 is 19.1 Å². The molecule has 6 heteroatoms. The first-order valence-corrected chi connectivity index (χ1v) is 11.5. The van der Waals surface area contributed by atoms with Gasteiger partial charge in [0.05, 0.1) is 6.04 Å². The van der Waals surface area contributed by atoms with Crippen LogP contribution in [0.4, 0.5) is 0 Å². The molecule has 0 radical (unpaired) electrons. The first-order valence-electron chi connectivity index (χ1n) is 11.5. The Kier molecular flexibility index (Phi) is 4.63. The lowest BCUT2D eigenvalue weighted by Gasteiger charge is -2.54. The highest BCUT2D eigenvalue weighted by Crippen LogP contribution is 2.45. The number of likely N-dealkylation sites (tertiary alicyclic amines) is 1. The minimum Gasteiger partial charge on any atom is -0.484 e. The van der Waals surface area contributed by atoms with Crippen LogP contribution in [0.25, 0.3) is 0 Å². The zero-order valence-corrected chi connectivity index (χ0v) is 17.4. The van der Waals surface area contributed by atoms with Gasteiger partial charge in [0.25, 0.3) is 5.91 Å². The fraction of sp³-hybridized carbons (Fsp3) is 0.625. The lowest BCUT2D eigenvalue weighted by molar-refractivity contribution is -0.138. The van der Waals surface area contributed by atoms with Crippen LogP contribution in [-0.2, 0) is 4.79 Å². The van der Waals surface area contributed by atoms with Crippen LogP contribution in [0.2, 0.25) is 0 Å². The van der Waals surface area contributed by atoms with Crippen molar-refractivity contribution < 1.29 is 19.0 Å². The molecule has 2 bridgehead atoms. The highest BCUT2D eigenvalue weighted by Gasteiger charge is 2.46. The normalized spacial score (nSPS) is 32.1. The number of rotatable bonds is 3. The third-order valence-corrected chi connectivity index (χ3v) is 7.68. The number of benzene rings is 1. The van der Waals surface area contributed by atoms with E-state index in [1.165, 1.54) is 37.8 Å². The Morgan fingerprint density at radius 2 is 2.07 bits per heavy atom. The topological polar surface area (TPSA) is 51.2 Å². The van der Waals surface area contributed by atoms with Crippen LogP contribution in [-0.4, -0.2) is 60.8 Å². The number of ether oxygens (including phenoxy) is 3. The summed E-state index contributed by atoms with van der Waals surface area (Å²) in [6.45, 7) is 3.54. The van der Waals surface area contributed by atoms with Crippen molar-refractivity contribution in [1.29, 1.82) is 0 Å². The van der Waals surface area contributed by atoms with E-state index in [4.69, 9.17) is 14.2 Å². The van der Waals surface area contributed by atoms with Gasteiger partial charge in [-0.25, -0.2) is 0 Å². The number of fused-ring (bicyclic) bond motifs is 7. The van der Waals surface area contributed by atoms with E-state index in [1.54, 1.807) is 6.07 Å². The Hall–Kier alpha value is -2.21. The summed E-state index contributed by atoms with van der Waals surface area (Å²) >= 11 is 0. The molecule has 0 saturated carbocycles. The third-order valence-electron chi connectivity index (χ3n) is 7.68. The number of carbonyl (C=O) groups is 1. The van der Waals surface area contributed by atoms with E-state index < -0.39 is 0 Å². The number of hydrogen-bond donors (Lipinski definition) is 0. The van der Waals surface area contributed by atoms with Crippen molar-refractivity contribution in [1.82, 2.24) is 9.80 Å². The van der Waals surface area contributed by atoms with Gasteiger partial charge in [0.2, 0.25) is 6.79 Å². The fourth-order valence-corrected chi connectivity index (χ4v) is 6.45. The highest BCUT2D eigenvalue weighted by molar-refractivity contribution is 5.79. The Labute approximate surface area is 177 Å². The van der Waals surface area contributed by atoms with Crippen molar-refractivity contribution in [3.8, 4) is 17.2 Å². The van der Waals surface area contributed by atoms with E-state index in [1.807, 2.05) is 12.1 Å². The van der Waals surface area contributed by atoms with Crippen molar-refractivity contribution >= 4 is 5.91 Å². The van der Waals surface area contributed by atoms with E-state index >= 15 is 0 Å². The van der Waals surface area contributed by atoms with Crippen molar-refractivity contribution in [2.45, 2.75) is 50.6 Å². The highest BCUT2D eigenvalue weighted by atomic mass is 16.7. The lowest BCUT2D eigenvalue weighted by atomic mass is 9.68. The van der Waals surface area contributed by atoms with Gasteiger partial charge in [0.1, 0.15) is 5.75 Å². The number of piperidine rings is 3. The minimum atomic E-state index is 0.0753. The molecule has 0 spiro atoms. The monoisotopic (exact) mass is 410 g/mol. The Balaban J connectivity index is 1.17. The molecule has 1 amide bonds. The molecule has 6 rings (SSSR count). The van der Waals surface area contributed by atoms with Gasteiger partial charge in [-0.2, -0.15) is 0 Å². The van der Waals surface area contributed by atoms with Gasteiger partial charge in [0.15, 0.2) is 18.1 Å². The number of carbonyl (C=O) groups excluding carboxylic acids is 1. The summed E-state index contributed by atoms with van der Waals surface area (Å²) in [7, 11) is 0. The van der Waals surface area contributed by atoms with Gasteiger partial charge in [-0.05, 0) is 62.6 Å². The molecule has 30 heavy (non-hydrogen) atoms. The molecule has 4 atom stereocenters. The molecule has 0 aromatic heterocycles. The summed E-state index contributed by atoms with van der Waals surface area (Å²) in [5.41, 5.74) is 1.52. The van der Waals surface area contributed by atoms with Crippen LogP contribution in [0.5, 0.6) is 17.2 Å². The van der Waals surface area contributed by atoms with Crippen LogP contribution in [0.15, 0.2) is 29.8 Å². The molecule has 3 saturated heterocycles. The summed E-state index contributed by atoms with van der Waals surface area (Å²) in [6.07, 6.45) is 10.0. The van der Waals surface area contributed by atoms with Crippen molar-refractivity contribution in [2.24, 2.45) is 11.8 Å². The molecule has 0 unspecified atom stereocenters. The third kappa shape index (κ3) is 3.16. The summed E-state index contributed by atoms with van der Waals surface area (Å²) in [5, 5.41) is 0. The molecule has 4 heterocycles. The van der Waals surface area contributed by atoms with Crippen LogP contribution >= 0.6 is 0 Å². The molecule has 0 N–H and O–H groups in total. The zero-order valence-electron chi connectivity index (χ0n) is 17.4. The standard InChI is InChI=1S/C24H30N2O4/c27-23(14-28-19-6-7-21-22(12-19)30-15-29-21)26-9-3-4-16-10-17-11-18(24(16)26)13-25-8-2-1-5-20(17)25/h6-7,10,12,17-18,20,24H,1-5,8-9,11,13-15H2/t17-,18+,20-,24+/m0/s1. The van der Waals surface area contributed by atoms with Crippen LogP contribution in [0.1, 0.15) is 38.5 Å². The summed E-state index contributed by atoms with van der Waals surface area (Å²) in [5.74, 6) is 3.42. The zero-order chi connectivity index (χ0) is 20.1. The average molecular weight is 411 g/mol. The van der Waals surface area contributed by atoms with Crippen LogP contribution in [0, 0.1) is 11.8 Å². The van der Waals surface area contributed by atoms with E-state index in [9.17, 15) is 4.79 Å². The molecular formula is C24H30N2O4. The Morgan fingerprint density at radius 1 is 1.13 bits per heavy atom. The van der Waals surface area contributed by atoms with Gasteiger partial charge in [-0.3, -0.25) is 9.69 Å². The minimum absolute atomic E-state index is 0.0753. The van der Waals surface area contributed by atoms with Gasteiger partial charge >= 0.3 is 0 Å². The molecule has 3 fully saturated rings. The fourth-order valence-electron chi connectivity index (χ4n) is 6.45. The molecule has 1 aromatic carbocycles. The molecule has 5 aliphatic rings. The molecule has 160 valence electrons. The molecule has 6 nitrogen and oxygen atoms in total. The maximum Gasteiger partial charge on any atom is 0.261 e. The second-order valence-electron chi connectivity index (χ2n) is 9.40. The molecular weight excluding hydrogens is 380 g/mol. The smallest absolute Gasteiger partial charge is 0.261 e. The van der Waals surface area contributed by atoms with E-state index in [-0.39, 0.29) is 25.3 Å². The van der Waals surface area contributed by atoms with Gasteiger partial charge in [-0.15, -0.1) is 0 Å². The van der Waals surface area contributed by atoms with E-state index in [2.05, 4.69) is 15.9 Å². The molecule has 1 aliphatic carbocycles. The second-order valence-corrected chi connectivity index (χ2v) is 9.40. The maximum atomic E-state index is 13.2. The Bertz CT molecular complexity index is 869. The SMILES string of the molecule is O=C(COc1ccc2c(c1)OCO2)N1CCCC2=C[C@H]3C[C@H](CN4CCCC[C@@H]34)[C@@H]21. The maximum absolute atomic E-state index is 13.2. The lowest BCUT2D eigenvalue weighted by Crippen LogP contribution is -2.60. The molecule has 1 aromatic rings. The number of amides is 1. The van der Waals surface area contributed by atoms with Crippen LogP contribution in [0.3, 0.4) is 0 Å². The summed E-state index contributed by atoms with van der Waals surface area (Å²) in [4.78, 5) is 18.0. The first-order chi connectivity index (χ1) is 14.8. The van der Waals surface area contributed by atoms with Gasteiger partial charge in [-0.1, -0.05) is 18.1 Å². The second kappa shape index (κ2) is 7.49. The quantitative estimate of drug-likeness (QED) is 0.717. The van der Waals surface area contributed by atoms with E-state index in [0.717, 1.165) is 37.7 Å². The average Bonchev–Trinajstić information content (AvgIpc) is 3.25. The van der Waals surface area contributed by atoms with Crippen molar-refractivity contribution in [3.05, 3.63) is 29.8 Å². The largest absolute Gasteiger partial charge is 0.484 e. The summed E-state index contributed by atoms with van der Waals surface area (Å²) < 4.78 is 16.6. The number of nitrogens with zero attached hydrogens (tertiary/aromatic N) is 2. The number of hydrogen-bond acceptors (Lipinski definition) is 5. The van der Waals surface area contributed by atoms with Crippen molar-refractivity contribution in [2.75, 3.05) is 33.0 Å². The van der Waals surface area contributed by atoms with Crippen LogP contribution < -0.4 is 14.2 Å². The predicted molar refractivity (Wildman–Crippen MR) is 112 cm³/mol. The molecule has 4 aliphatic heterocycles. The van der Waals surface area contributed by atoms with E-state index in [0.29, 0.717) is 23.3 Å². The van der Waals surface area contributed by atoms with Gasteiger partial charge in [0, 0.05) is 25.2 Å². The Morgan fingerprint density at radius 3 is 3.03 bits per heavy atom. The first kappa shape index (κ1) is 18.6. The summed E-state index contributed by atoms with van der Waals surface area (Å²) in [6, 6.07) is 6.49. The predicted octanol–water partition coefficient (Wildman–Crippen LogP) is 3.22. The van der Waals surface area contributed by atoms with Crippen molar-refractivity contribution in [3.63, 3.8) is 0 Å².